The van der Waals surface area contributed by atoms with Crippen molar-refractivity contribution in [3.8, 4) is 0 Å². The number of amidine groups is 1. The van der Waals surface area contributed by atoms with Crippen molar-refractivity contribution in [2.75, 3.05) is 22.8 Å². The van der Waals surface area contributed by atoms with Crippen LogP contribution in [0.1, 0.15) is 46.8 Å². The van der Waals surface area contributed by atoms with E-state index in [4.69, 9.17) is 5.73 Å². The number of hydrogen-bond acceptors (Lipinski definition) is 6. The molecule has 0 radical (unpaired) electrons. The zero-order chi connectivity index (χ0) is 29.9. The van der Waals surface area contributed by atoms with Crippen LogP contribution in [0.25, 0.3) is 6.08 Å². The lowest BCUT2D eigenvalue weighted by Gasteiger charge is -2.22. The molecule has 0 unspecified atom stereocenters. The first kappa shape index (κ1) is 30.7. The molecule has 0 bridgehead atoms. The number of fused-ring (bicyclic) bond motifs is 1. The van der Waals surface area contributed by atoms with Gasteiger partial charge in [-0.15, -0.1) is 0 Å². The van der Waals surface area contributed by atoms with Crippen LogP contribution in [0.2, 0.25) is 0 Å². The fourth-order valence-corrected chi connectivity index (χ4v) is 5.02. The Balaban J connectivity index is 1.40. The molecular weight excluding hydrogens is 645 g/mol. The molecule has 5 N–H and O–H groups in total. The second-order valence-electron chi connectivity index (χ2n) is 9.76. The average Bonchev–Trinajstić information content (AvgIpc) is 3.16. The molecule has 42 heavy (non-hydrogen) atoms. The van der Waals surface area contributed by atoms with Crippen LogP contribution in [0, 0.1) is 0 Å². The van der Waals surface area contributed by atoms with Gasteiger partial charge in [-0.05, 0) is 41.8 Å². The molecule has 10 nitrogen and oxygen atoms in total. The van der Waals surface area contributed by atoms with Gasteiger partial charge in [0.05, 0.1) is 17.6 Å². The fourth-order valence-electron chi connectivity index (χ4n) is 4.44. The van der Waals surface area contributed by atoms with Gasteiger partial charge in [-0.25, -0.2) is 9.79 Å². The molecule has 0 fully saturated rings. The van der Waals surface area contributed by atoms with Crippen molar-refractivity contribution in [3.63, 3.8) is 0 Å². The van der Waals surface area contributed by atoms with Crippen LogP contribution in [0.3, 0.4) is 0 Å². The van der Waals surface area contributed by atoms with E-state index in [1.165, 1.54) is 6.20 Å². The molecule has 0 atom stereocenters. The quantitative estimate of drug-likeness (QED) is 0.171. The Morgan fingerprint density at radius 2 is 1.74 bits per heavy atom. The summed E-state index contributed by atoms with van der Waals surface area (Å²) in [5.41, 5.74) is 10.6. The number of benzene rings is 2. The van der Waals surface area contributed by atoms with Crippen molar-refractivity contribution in [2.24, 2.45) is 10.7 Å². The van der Waals surface area contributed by atoms with Gasteiger partial charge < -0.3 is 26.6 Å². The van der Waals surface area contributed by atoms with Crippen LogP contribution in [0.15, 0.2) is 77.6 Å². The van der Waals surface area contributed by atoms with Crippen molar-refractivity contribution >= 4 is 63.7 Å². The van der Waals surface area contributed by atoms with Gasteiger partial charge in [0.1, 0.15) is 5.84 Å². The van der Waals surface area contributed by atoms with Gasteiger partial charge in [0.25, 0.3) is 5.91 Å². The Morgan fingerprint density at radius 3 is 2.48 bits per heavy atom. The standard InChI is InChI=1S/C31H34IN7O3/c1-2-11-39(12-10-32)30(41)25-14-23-8-9-24(15-27(23)38-28(33)16-25)29(40)37-26-13-22(17-34-20-26)19-36-31(42)35-18-21-6-4-3-5-7-21/h3-9,13-15,17,20H,2,10-12,16,18-19H2,1H3,(H2,33,38)(H,37,40)(H2,35,36,42). The lowest BCUT2D eigenvalue weighted by molar-refractivity contribution is -0.126. The molecule has 0 saturated heterocycles. The van der Waals surface area contributed by atoms with Crippen LogP contribution in [-0.4, -0.2) is 51.1 Å². The molecule has 0 spiro atoms. The van der Waals surface area contributed by atoms with E-state index in [-0.39, 0.29) is 30.8 Å². The summed E-state index contributed by atoms with van der Waals surface area (Å²) in [4.78, 5) is 49.0. The van der Waals surface area contributed by atoms with Crippen molar-refractivity contribution in [3.05, 3.63) is 94.8 Å². The number of carbonyl (C=O) groups is 3. The number of aliphatic imine (C=N–C) groups is 1. The number of carbonyl (C=O) groups excluding carboxylic acids is 3. The largest absolute Gasteiger partial charge is 0.387 e. The topological polar surface area (TPSA) is 142 Å². The highest BCUT2D eigenvalue weighted by Crippen LogP contribution is 2.29. The van der Waals surface area contributed by atoms with Crippen LogP contribution >= 0.6 is 22.6 Å². The number of urea groups is 1. The molecule has 3 aromatic rings. The summed E-state index contributed by atoms with van der Waals surface area (Å²) in [7, 11) is 0. The molecule has 1 aromatic heterocycles. The van der Waals surface area contributed by atoms with E-state index >= 15 is 0 Å². The monoisotopic (exact) mass is 679 g/mol. The minimum Gasteiger partial charge on any atom is -0.387 e. The first-order valence-electron chi connectivity index (χ1n) is 13.7. The highest BCUT2D eigenvalue weighted by molar-refractivity contribution is 14.1. The fraction of sp³-hybridized carbons (Fsp3) is 0.258. The van der Waals surface area contributed by atoms with E-state index in [9.17, 15) is 14.4 Å². The van der Waals surface area contributed by atoms with Gasteiger partial charge >= 0.3 is 6.03 Å². The second kappa shape index (κ2) is 15.1. The Hall–Kier alpha value is -4.26. The molecule has 2 heterocycles. The lowest BCUT2D eigenvalue weighted by Crippen LogP contribution is -2.35. The van der Waals surface area contributed by atoms with Crippen LogP contribution < -0.4 is 21.7 Å². The zero-order valence-electron chi connectivity index (χ0n) is 23.4. The number of anilines is 1. The Morgan fingerprint density at radius 1 is 0.976 bits per heavy atom. The number of nitrogens with zero attached hydrogens (tertiary/aromatic N) is 3. The van der Waals surface area contributed by atoms with E-state index < -0.39 is 0 Å². The van der Waals surface area contributed by atoms with E-state index in [1.807, 2.05) is 48.2 Å². The highest BCUT2D eigenvalue weighted by atomic mass is 127. The predicted molar refractivity (Wildman–Crippen MR) is 174 cm³/mol. The molecule has 4 amide bonds. The molecular formula is C31H34IN7O3. The molecule has 1 aliphatic heterocycles. The number of nitrogens with one attached hydrogen (secondary N) is 3. The molecule has 4 rings (SSSR count). The van der Waals surface area contributed by atoms with Crippen molar-refractivity contribution in [1.82, 2.24) is 20.5 Å². The Kier molecular flexibility index (Phi) is 11.0. The predicted octanol–water partition coefficient (Wildman–Crippen LogP) is 4.78. The number of halogens is 1. The number of hydrogen-bond donors (Lipinski definition) is 4. The van der Waals surface area contributed by atoms with E-state index in [0.717, 1.165) is 27.5 Å². The normalized spacial score (nSPS) is 12.2. The molecule has 1 aliphatic rings. The number of rotatable bonds is 11. The molecule has 2 aromatic carbocycles. The molecule has 0 saturated carbocycles. The summed E-state index contributed by atoms with van der Waals surface area (Å²) in [6, 6.07) is 16.2. The number of alkyl halides is 1. The van der Waals surface area contributed by atoms with Gasteiger partial charge in [-0.3, -0.25) is 14.6 Å². The third kappa shape index (κ3) is 8.62. The Bertz CT molecular complexity index is 1480. The van der Waals surface area contributed by atoms with Gasteiger partial charge in [0.15, 0.2) is 0 Å². The summed E-state index contributed by atoms with van der Waals surface area (Å²) in [6.45, 7) is 4.05. The van der Waals surface area contributed by atoms with Gasteiger partial charge in [-0.1, -0.05) is 65.9 Å². The summed E-state index contributed by atoms with van der Waals surface area (Å²) in [5, 5.41) is 8.46. The van der Waals surface area contributed by atoms with Crippen molar-refractivity contribution in [2.45, 2.75) is 32.9 Å². The average molecular weight is 680 g/mol. The summed E-state index contributed by atoms with van der Waals surface area (Å²) < 4.78 is 0.842. The Labute approximate surface area is 259 Å². The third-order valence-electron chi connectivity index (χ3n) is 6.47. The summed E-state index contributed by atoms with van der Waals surface area (Å²) in [6.07, 6.45) is 6.09. The SMILES string of the molecule is CCCN(CCI)C(=O)C1=Cc2ccc(C(=O)Nc3cncc(CNC(=O)NCc4ccccc4)c3)cc2N=C(N)C1. The van der Waals surface area contributed by atoms with E-state index in [2.05, 4.69) is 48.5 Å². The first-order valence-corrected chi connectivity index (χ1v) is 15.2. The smallest absolute Gasteiger partial charge is 0.315 e. The second-order valence-corrected chi connectivity index (χ2v) is 10.8. The van der Waals surface area contributed by atoms with E-state index in [1.54, 1.807) is 30.5 Å². The summed E-state index contributed by atoms with van der Waals surface area (Å²) in [5.74, 6) is -0.0781. The minimum atomic E-state index is -0.347. The van der Waals surface area contributed by atoms with Crippen LogP contribution in [-0.2, 0) is 17.9 Å². The van der Waals surface area contributed by atoms with Crippen molar-refractivity contribution in [1.29, 1.82) is 0 Å². The van der Waals surface area contributed by atoms with E-state index in [0.29, 0.717) is 48.0 Å². The zero-order valence-corrected chi connectivity index (χ0v) is 25.6. The maximum absolute atomic E-state index is 13.2. The lowest BCUT2D eigenvalue weighted by atomic mass is 10.0. The minimum absolute atomic E-state index is 0.0446. The summed E-state index contributed by atoms with van der Waals surface area (Å²) >= 11 is 2.27. The van der Waals surface area contributed by atoms with Gasteiger partial charge in [0.2, 0.25) is 5.91 Å². The maximum Gasteiger partial charge on any atom is 0.315 e. The number of pyridine rings is 1. The van der Waals surface area contributed by atoms with Gasteiger partial charge in [0, 0.05) is 59.9 Å². The third-order valence-corrected chi connectivity index (χ3v) is 6.95. The molecule has 0 aliphatic carbocycles. The number of nitrogens with two attached hydrogens (primary N) is 1. The maximum atomic E-state index is 13.2. The number of amides is 4. The molecule has 11 heteroatoms. The number of aromatic nitrogens is 1. The first-order chi connectivity index (χ1) is 20.4. The van der Waals surface area contributed by atoms with Crippen LogP contribution in [0.4, 0.5) is 16.2 Å². The van der Waals surface area contributed by atoms with Gasteiger partial charge in [-0.2, -0.15) is 0 Å². The molecule has 218 valence electrons. The van der Waals surface area contributed by atoms with Crippen molar-refractivity contribution < 1.29 is 14.4 Å². The van der Waals surface area contributed by atoms with Crippen LogP contribution in [0.5, 0.6) is 0 Å². The highest BCUT2D eigenvalue weighted by Gasteiger charge is 2.21.